The molecular weight excluding hydrogens is 512 g/mol. The summed E-state index contributed by atoms with van der Waals surface area (Å²) in [6.45, 7) is 7.33. The minimum atomic E-state index is -2.12. The average Bonchev–Trinajstić information content (AvgIpc) is 3.20. The lowest BCUT2D eigenvalue weighted by Gasteiger charge is -2.47. The van der Waals surface area contributed by atoms with Crippen molar-refractivity contribution in [1.29, 1.82) is 0 Å². The van der Waals surface area contributed by atoms with Gasteiger partial charge in [0, 0.05) is 25.1 Å². The van der Waals surface area contributed by atoms with Crippen LogP contribution in [0.1, 0.15) is 83.4 Å². The van der Waals surface area contributed by atoms with Crippen LogP contribution in [0.5, 0.6) is 0 Å². The van der Waals surface area contributed by atoms with Crippen LogP contribution in [0.2, 0.25) is 5.31 Å². The fraction of sp³-hybridized carbons (Fsp3) is 0.600. The molecule has 0 amide bonds. The topological polar surface area (TPSA) is 66.9 Å². The van der Waals surface area contributed by atoms with Crippen molar-refractivity contribution in [3.63, 3.8) is 0 Å². The number of anilines is 1. The first-order valence-corrected chi connectivity index (χ1v) is 14.3. The molecule has 2 aliphatic carbocycles. The summed E-state index contributed by atoms with van der Waals surface area (Å²) in [5.41, 5.74) is 4.95. The van der Waals surface area contributed by atoms with Crippen LogP contribution in [0.25, 0.3) is 16.6 Å². The third-order valence-electron chi connectivity index (χ3n) is 8.08. The van der Waals surface area contributed by atoms with Crippen molar-refractivity contribution >= 4 is 25.0 Å². The van der Waals surface area contributed by atoms with E-state index in [0.29, 0.717) is 34.9 Å². The number of azo groups is 1. The SMILES string of the molecule is CCC(F)F.[B]C(C)(C)Cc1nc(NC2CCC3(CCC3)CC2)nn2cc(F)c(-c3ccc(N=NC)c(C)c3)c12. The molecule has 2 aliphatic rings. The minimum absolute atomic E-state index is 0.0278. The van der Waals surface area contributed by atoms with Crippen molar-refractivity contribution in [2.45, 2.75) is 103 Å². The Hall–Kier alpha value is -2.91. The summed E-state index contributed by atoms with van der Waals surface area (Å²) >= 11 is 0. The van der Waals surface area contributed by atoms with E-state index < -0.39 is 11.7 Å². The quantitative estimate of drug-likeness (QED) is 0.236. The molecule has 3 aromatic rings. The molecule has 0 saturated heterocycles. The number of aryl methyl sites for hydroxylation is 1. The zero-order valence-electron chi connectivity index (χ0n) is 24.3. The Bertz CT molecular complexity index is 1330. The minimum Gasteiger partial charge on any atom is -0.350 e. The van der Waals surface area contributed by atoms with Gasteiger partial charge in [0.2, 0.25) is 12.4 Å². The summed E-state index contributed by atoms with van der Waals surface area (Å²) in [4.78, 5) is 4.90. The highest BCUT2D eigenvalue weighted by Gasteiger charge is 2.40. The first-order valence-electron chi connectivity index (χ1n) is 14.3. The van der Waals surface area contributed by atoms with Gasteiger partial charge in [0.05, 0.1) is 30.9 Å². The highest BCUT2D eigenvalue weighted by atomic mass is 19.3. The van der Waals surface area contributed by atoms with Crippen molar-refractivity contribution in [3.8, 4) is 11.1 Å². The van der Waals surface area contributed by atoms with Gasteiger partial charge in [0.15, 0.2) is 5.82 Å². The van der Waals surface area contributed by atoms with Crippen molar-refractivity contribution in [2.24, 2.45) is 15.6 Å². The largest absolute Gasteiger partial charge is 0.350 e. The van der Waals surface area contributed by atoms with Crippen LogP contribution in [0.4, 0.5) is 24.8 Å². The Balaban J connectivity index is 0.000000681. The van der Waals surface area contributed by atoms with Gasteiger partial charge < -0.3 is 5.32 Å². The van der Waals surface area contributed by atoms with Gasteiger partial charge in [-0.05, 0) is 80.5 Å². The van der Waals surface area contributed by atoms with Crippen LogP contribution < -0.4 is 5.32 Å². The van der Waals surface area contributed by atoms with Crippen LogP contribution in [-0.2, 0) is 6.42 Å². The van der Waals surface area contributed by atoms with E-state index in [0.717, 1.165) is 35.3 Å². The molecular formula is C30H40BF3N6. The average molecular weight is 552 g/mol. The molecule has 5 rings (SSSR count). The summed E-state index contributed by atoms with van der Waals surface area (Å²) in [7, 11) is 8.05. The molecule has 0 aliphatic heterocycles. The molecule has 2 aromatic heterocycles. The van der Waals surface area contributed by atoms with Crippen LogP contribution in [0, 0.1) is 18.2 Å². The normalized spacial score (nSPS) is 17.3. The van der Waals surface area contributed by atoms with Crippen LogP contribution in [-0.4, -0.2) is 42.0 Å². The number of nitrogens with zero attached hydrogens (tertiary/aromatic N) is 5. The lowest BCUT2D eigenvalue weighted by atomic mass is 9.60. The molecule has 10 heteroatoms. The third-order valence-corrected chi connectivity index (χ3v) is 8.08. The van der Waals surface area contributed by atoms with Gasteiger partial charge in [0.1, 0.15) is 0 Å². The molecule has 2 radical (unpaired) electrons. The zero-order valence-corrected chi connectivity index (χ0v) is 24.3. The summed E-state index contributed by atoms with van der Waals surface area (Å²) < 4.78 is 38.6. The first-order chi connectivity index (χ1) is 18.9. The second-order valence-electron chi connectivity index (χ2n) is 12.1. The monoisotopic (exact) mass is 552 g/mol. The predicted molar refractivity (Wildman–Crippen MR) is 156 cm³/mol. The van der Waals surface area contributed by atoms with Crippen molar-refractivity contribution in [1.82, 2.24) is 14.6 Å². The van der Waals surface area contributed by atoms with E-state index in [1.54, 1.807) is 11.6 Å². The van der Waals surface area contributed by atoms with Gasteiger partial charge in [-0.15, -0.1) is 5.10 Å². The number of benzene rings is 1. The van der Waals surface area contributed by atoms with Gasteiger partial charge in [-0.2, -0.15) is 10.2 Å². The number of nitrogens with one attached hydrogen (secondary N) is 1. The van der Waals surface area contributed by atoms with Crippen molar-refractivity contribution < 1.29 is 13.2 Å². The molecule has 1 N–H and O–H groups in total. The molecule has 0 unspecified atom stereocenters. The number of halogens is 3. The lowest BCUT2D eigenvalue weighted by Crippen LogP contribution is -2.38. The second-order valence-corrected chi connectivity index (χ2v) is 12.1. The van der Waals surface area contributed by atoms with E-state index in [1.807, 2.05) is 39.0 Å². The maximum atomic E-state index is 15.4. The number of rotatable bonds is 7. The molecule has 2 heterocycles. The number of alkyl halides is 2. The predicted octanol–water partition coefficient (Wildman–Crippen LogP) is 8.65. The number of fused-ring (bicyclic) bond motifs is 1. The highest BCUT2D eigenvalue weighted by Crippen LogP contribution is 2.51. The standard InChI is InChI=1S/C27H34BFN6.C3H6F2/c1-17-14-18(6-7-21(17)33-30-4)23-20(29)16-35-24(23)22(15-26(2,3)28)32-25(34-35)31-19-8-12-27(13-9-19)10-5-11-27;1-2-3(4)5/h6-7,14,16,19H,5,8-13,15H2,1-4H3,(H,31,34);3H,2H2,1H3. The smallest absolute Gasteiger partial charge is 0.241 e. The van der Waals surface area contributed by atoms with Crippen LogP contribution in [0.15, 0.2) is 34.6 Å². The van der Waals surface area contributed by atoms with E-state index in [-0.39, 0.29) is 12.2 Å². The molecule has 2 saturated carbocycles. The molecule has 2 fully saturated rings. The third kappa shape index (κ3) is 7.05. The van der Waals surface area contributed by atoms with Gasteiger partial charge in [0.25, 0.3) is 0 Å². The van der Waals surface area contributed by atoms with Crippen molar-refractivity contribution in [3.05, 3.63) is 41.5 Å². The van der Waals surface area contributed by atoms with E-state index in [9.17, 15) is 8.78 Å². The lowest BCUT2D eigenvalue weighted by molar-refractivity contribution is 0.0729. The Morgan fingerprint density at radius 2 is 1.88 bits per heavy atom. The molecule has 1 spiro atoms. The van der Waals surface area contributed by atoms with Gasteiger partial charge in [-0.1, -0.05) is 38.6 Å². The summed E-state index contributed by atoms with van der Waals surface area (Å²) in [6, 6.07) is 6.02. The Kier molecular flexibility index (Phi) is 9.25. The Labute approximate surface area is 236 Å². The maximum absolute atomic E-state index is 15.4. The van der Waals surface area contributed by atoms with Crippen LogP contribution >= 0.6 is 0 Å². The maximum Gasteiger partial charge on any atom is 0.241 e. The van der Waals surface area contributed by atoms with E-state index >= 15 is 4.39 Å². The summed E-state index contributed by atoms with van der Waals surface area (Å²) in [5, 5.41) is 15.7. The number of aromatic nitrogens is 3. The van der Waals surface area contributed by atoms with Gasteiger partial charge in [-0.3, -0.25) is 0 Å². The number of hydrogen-bond donors (Lipinski definition) is 1. The fourth-order valence-electron chi connectivity index (χ4n) is 5.78. The Morgan fingerprint density at radius 1 is 1.20 bits per heavy atom. The molecule has 0 atom stereocenters. The summed E-state index contributed by atoms with van der Waals surface area (Å²) in [5.74, 6) is 0.212. The molecule has 214 valence electrons. The van der Waals surface area contributed by atoms with Gasteiger partial charge in [-0.25, -0.2) is 22.7 Å². The zero-order chi connectivity index (χ0) is 29.1. The number of hydrogen-bond acceptors (Lipinski definition) is 5. The second kappa shape index (κ2) is 12.3. The van der Waals surface area contributed by atoms with Crippen molar-refractivity contribution in [2.75, 3.05) is 12.4 Å². The molecule has 40 heavy (non-hydrogen) atoms. The summed E-state index contributed by atoms with van der Waals surface area (Å²) in [6.07, 6.45) is 8.74. The Morgan fingerprint density at radius 3 is 2.40 bits per heavy atom. The van der Waals surface area contributed by atoms with E-state index in [2.05, 4.69) is 20.6 Å². The van der Waals surface area contributed by atoms with E-state index in [1.165, 1.54) is 45.2 Å². The van der Waals surface area contributed by atoms with Crippen LogP contribution in [0.3, 0.4) is 0 Å². The molecule has 1 aromatic carbocycles. The van der Waals surface area contributed by atoms with E-state index in [4.69, 9.17) is 12.8 Å². The molecule has 0 bridgehead atoms. The highest BCUT2D eigenvalue weighted by molar-refractivity contribution is 6.14. The first kappa shape index (κ1) is 30.1. The van der Waals surface area contributed by atoms with Gasteiger partial charge >= 0.3 is 0 Å². The molecule has 6 nitrogen and oxygen atoms in total. The fourth-order valence-corrected chi connectivity index (χ4v) is 5.78.